The number of hydrogen-bond donors (Lipinski definition) is 1. The van der Waals surface area contributed by atoms with Crippen molar-refractivity contribution in [3.8, 4) is 5.69 Å². The van der Waals surface area contributed by atoms with Gasteiger partial charge in [-0.2, -0.15) is 5.10 Å². The van der Waals surface area contributed by atoms with Crippen LogP contribution in [0.15, 0.2) is 66.9 Å². The maximum absolute atomic E-state index is 13.1. The SMILES string of the molecule is CCCc1c(C(=O)NC2CC[N+](C)(Cc3ccccc3)CC2)cnn1-c1ccccc1. The second-order valence-corrected chi connectivity index (χ2v) is 8.96. The molecule has 2 heterocycles. The molecule has 0 atom stereocenters. The molecule has 5 nitrogen and oxygen atoms in total. The molecule has 0 spiro atoms. The highest BCUT2D eigenvalue weighted by Gasteiger charge is 2.31. The molecular formula is C26H33N4O+. The quantitative estimate of drug-likeness (QED) is 0.581. The third-order valence-corrected chi connectivity index (χ3v) is 6.38. The smallest absolute Gasteiger partial charge is 0.254 e. The van der Waals surface area contributed by atoms with Crippen molar-refractivity contribution in [1.29, 1.82) is 0 Å². The Morgan fingerprint density at radius 1 is 1.06 bits per heavy atom. The van der Waals surface area contributed by atoms with Gasteiger partial charge in [-0.15, -0.1) is 0 Å². The van der Waals surface area contributed by atoms with Crippen LogP contribution in [0, 0.1) is 0 Å². The van der Waals surface area contributed by atoms with Crippen LogP contribution in [0.5, 0.6) is 0 Å². The van der Waals surface area contributed by atoms with Gasteiger partial charge < -0.3 is 9.80 Å². The van der Waals surface area contributed by atoms with Crippen LogP contribution in [0.2, 0.25) is 0 Å². The van der Waals surface area contributed by atoms with Crippen molar-refractivity contribution in [3.05, 3.63) is 83.7 Å². The number of piperidine rings is 1. The van der Waals surface area contributed by atoms with E-state index < -0.39 is 0 Å². The van der Waals surface area contributed by atoms with Crippen molar-refractivity contribution < 1.29 is 9.28 Å². The molecule has 31 heavy (non-hydrogen) atoms. The number of para-hydroxylation sites is 1. The second-order valence-electron chi connectivity index (χ2n) is 8.96. The van der Waals surface area contributed by atoms with Gasteiger partial charge >= 0.3 is 0 Å². The lowest BCUT2D eigenvalue weighted by molar-refractivity contribution is -0.927. The fourth-order valence-corrected chi connectivity index (χ4v) is 4.61. The summed E-state index contributed by atoms with van der Waals surface area (Å²) in [6.07, 6.45) is 5.54. The van der Waals surface area contributed by atoms with E-state index in [2.05, 4.69) is 54.7 Å². The number of carbonyl (C=O) groups excluding carboxylic acids is 1. The lowest BCUT2D eigenvalue weighted by atomic mass is 10.0. The van der Waals surface area contributed by atoms with Gasteiger partial charge in [-0.25, -0.2) is 4.68 Å². The number of likely N-dealkylation sites (tertiary alicyclic amines) is 1. The summed E-state index contributed by atoms with van der Waals surface area (Å²) < 4.78 is 2.94. The van der Waals surface area contributed by atoms with Gasteiger partial charge in [0.25, 0.3) is 5.91 Å². The summed E-state index contributed by atoms with van der Waals surface area (Å²) in [4.78, 5) is 13.1. The summed E-state index contributed by atoms with van der Waals surface area (Å²) in [6, 6.07) is 21.0. The molecule has 1 N–H and O–H groups in total. The van der Waals surface area contributed by atoms with E-state index in [4.69, 9.17) is 0 Å². The van der Waals surface area contributed by atoms with Crippen LogP contribution in [0.4, 0.5) is 0 Å². The molecule has 1 aliphatic rings. The van der Waals surface area contributed by atoms with Gasteiger partial charge in [0.2, 0.25) is 0 Å². The number of benzene rings is 2. The summed E-state index contributed by atoms with van der Waals surface area (Å²) in [5, 5.41) is 7.84. The number of aromatic nitrogens is 2. The molecular weight excluding hydrogens is 384 g/mol. The van der Waals surface area contributed by atoms with E-state index >= 15 is 0 Å². The van der Waals surface area contributed by atoms with Crippen LogP contribution in [0.25, 0.3) is 5.69 Å². The first-order chi connectivity index (χ1) is 15.1. The maximum atomic E-state index is 13.1. The number of nitrogens with zero attached hydrogens (tertiary/aromatic N) is 3. The predicted octanol–water partition coefficient (Wildman–Crippen LogP) is 4.36. The first-order valence-corrected chi connectivity index (χ1v) is 11.4. The topological polar surface area (TPSA) is 46.9 Å². The van der Waals surface area contributed by atoms with Crippen LogP contribution in [-0.2, 0) is 13.0 Å². The number of amides is 1. The van der Waals surface area contributed by atoms with Gasteiger partial charge in [-0.3, -0.25) is 4.79 Å². The zero-order valence-corrected chi connectivity index (χ0v) is 18.6. The van der Waals surface area contributed by atoms with E-state index in [0.717, 1.165) is 61.2 Å². The van der Waals surface area contributed by atoms with Gasteiger partial charge in [0.15, 0.2) is 0 Å². The van der Waals surface area contributed by atoms with Crippen molar-refractivity contribution in [2.75, 3.05) is 20.1 Å². The Balaban J connectivity index is 1.41. The third-order valence-electron chi connectivity index (χ3n) is 6.38. The van der Waals surface area contributed by atoms with Crippen molar-refractivity contribution in [2.45, 2.75) is 45.2 Å². The molecule has 0 unspecified atom stereocenters. The zero-order chi connectivity index (χ0) is 21.7. The summed E-state index contributed by atoms with van der Waals surface area (Å²) in [7, 11) is 2.33. The Kier molecular flexibility index (Phi) is 6.52. The Labute approximate surface area is 185 Å². The summed E-state index contributed by atoms with van der Waals surface area (Å²) >= 11 is 0. The van der Waals surface area contributed by atoms with E-state index in [1.165, 1.54) is 5.56 Å². The van der Waals surface area contributed by atoms with Crippen LogP contribution < -0.4 is 5.32 Å². The Morgan fingerprint density at radius 2 is 1.71 bits per heavy atom. The average Bonchev–Trinajstić information content (AvgIpc) is 3.21. The molecule has 1 aliphatic heterocycles. The van der Waals surface area contributed by atoms with E-state index in [1.54, 1.807) is 6.20 Å². The highest BCUT2D eigenvalue weighted by molar-refractivity contribution is 5.95. The molecule has 2 aromatic carbocycles. The van der Waals surface area contributed by atoms with Crippen molar-refractivity contribution in [3.63, 3.8) is 0 Å². The molecule has 162 valence electrons. The fraction of sp³-hybridized carbons (Fsp3) is 0.385. The first kappa shape index (κ1) is 21.3. The van der Waals surface area contributed by atoms with E-state index in [-0.39, 0.29) is 11.9 Å². The molecule has 1 aromatic heterocycles. The predicted molar refractivity (Wildman–Crippen MR) is 124 cm³/mol. The molecule has 5 heteroatoms. The molecule has 3 aromatic rings. The third kappa shape index (κ3) is 5.05. The van der Waals surface area contributed by atoms with Gasteiger partial charge in [0.1, 0.15) is 6.54 Å². The van der Waals surface area contributed by atoms with Crippen molar-refractivity contribution >= 4 is 5.91 Å². The van der Waals surface area contributed by atoms with E-state index in [9.17, 15) is 4.79 Å². The number of rotatable bonds is 7. The maximum Gasteiger partial charge on any atom is 0.254 e. The standard InChI is InChI=1S/C26H32N4O/c1-3-10-25-24(19-27-29(25)23-13-8-5-9-14-23)26(31)28-22-15-17-30(2,18-16-22)20-21-11-6-4-7-12-21/h4-9,11-14,19,22H,3,10,15-18,20H2,1-2H3/p+1. The van der Waals surface area contributed by atoms with Crippen molar-refractivity contribution in [1.82, 2.24) is 15.1 Å². The summed E-state index contributed by atoms with van der Waals surface area (Å²) in [6.45, 7) is 5.33. The van der Waals surface area contributed by atoms with Crippen LogP contribution in [0.1, 0.15) is 47.8 Å². The lowest BCUT2D eigenvalue weighted by Gasteiger charge is -2.40. The Morgan fingerprint density at radius 3 is 2.35 bits per heavy atom. The van der Waals surface area contributed by atoms with Crippen LogP contribution in [-0.4, -0.2) is 46.3 Å². The first-order valence-electron chi connectivity index (χ1n) is 11.4. The van der Waals surface area contributed by atoms with Gasteiger partial charge in [-0.05, 0) is 18.6 Å². The second kappa shape index (κ2) is 9.48. The minimum Gasteiger partial charge on any atom is -0.349 e. The fourth-order valence-electron chi connectivity index (χ4n) is 4.61. The number of hydrogen-bond acceptors (Lipinski definition) is 2. The summed E-state index contributed by atoms with van der Waals surface area (Å²) in [5.74, 6) is 0.00907. The number of carbonyl (C=O) groups is 1. The Hall–Kier alpha value is -2.92. The number of quaternary nitrogens is 1. The molecule has 1 saturated heterocycles. The van der Waals surface area contributed by atoms with Gasteiger partial charge in [0.05, 0.1) is 43.3 Å². The number of nitrogens with one attached hydrogen (secondary N) is 1. The highest BCUT2D eigenvalue weighted by atomic mass is 16.1. The molecule has 0 radical (unpaired) electrons. The zero-order valence-electron chi connectivity index (χ0n) is 18.6. The minimum atomic E-state index is 0.00907. The van der Waals surface area contributed by atoms with Crippen molar-refractivity contribution in [2.24, 2.45) is 0 Å². The normalized spacial score (nSPS) is 21.0. The largest absolute Gasteiger partial charge is 0.349 e. The molecule has 0 saturated carbocycles. The molecule has 0 aliphatic carbocycles. The van der Waals surface area contributed by atoms with Crippen LogP contribution >= 0.6 is 0 Å². The lowest BCUT2D eigenvalue weighted by Crippen LogP contribution is -2.53. The summed E-state index contributed by atoms with van der Waals surface area (Å²) in [5.41, 5.74) is 4.08. The molecule has 4 rings (SSSR count). The Bertz CT molecular complexity index is 989. The monoisotopic (exact) mass is 417 g/mol. The average molecular weight is 418 g/mol. The van der Waals surface area contributed by atoms with E-state index in [1.807, 2.05) is 35.0 Å². The van der Waals surface area contributed by atoms with Gasteiger partial charge in [0, 0.05) is 24.4 Å². The molecule has 1 amide bonds. The minimum absolute atomic E-state index is 0.00907. The molecule has 0 bridgehead atoms. The highest BCUT2D eigenvalue weighted by Crippen LogP contribution is 2.22. The van der Waals surface area contributed by atoms with Gasteiger partial charge in [-0.1, -0.05) is 61.9 Å². The molecule has 1 fully saturated rings. The van der Waals surface area contributed by atoms with Crippen LogP contribution in [0.3, 0.4) is 0 Å². The van der Waals surface area contributed by atoms with E-state index in [0.29, 0.717) is 5.56 Å².